The fourth-order valence-corrected chi connectivity index (χ4v) is 3.96. The Morgan fingerprint density at radius 1 is 0.857 bits per heavy atom. The summed E-state index contributed by atoms with van der Waals surface area (Å²) in [6.07, 6.45) is 17.6. The highest BCUT2D eigenvalue weighted by Gasteiger charge is 2.15. The zero-order valence-corrected chi connectivity index (χ0v) is 15.8. The third kappa shape index (κ3) is 3.31. The first-order chi connectivity index (χ1) is 13.9. The predicted octanol–water partition coefficient (Wildman–Crippen LogP) is 4.43. The van der Waals surface area contributed by atoms with E-state index in [4.69, 9.17) is 0 Å². The van der Waals surface area contributed by atoms with Gasteiger partial charge in [-0.25, -0.2) is 9.13 Å². The number of aromatic nitrogens is 3. The van der Waals surface area contributed by atoms with Crippen LogP contribution in [0, 0.1) is 5.92 Å². The highest BCUT2D eigenvalue weighted by Crippen LogP contribution is 2.20. The molecular weight excluding hydrogens is 342 g/mol. The van der Waals surface area contributed by atoms with Crippen LogP contribution in [0.3, 0.4) is 0 Å². The molecule has 0 N–H and O–H groups in total. The van der Waals surface area contributed by atoms with Gasteiger partial charge in [0.25, 0.3) is 0 Å². The minimum Gasteiger partial charge on any atom is -0.204 e. The van der Waals surface area contributed by atoms with Crippen molar-refractivity contribution in [1.82, 2.24) is 4.98 Å². The maximum Gasteiger partial charge on any atom is 0.335 e. The lowest BCUT2D eigenvalue weighted by molar-refractivity contribution is -0.701. The monoisotopic (exact) mass is 365 g/mol. The Hall–Kier alpha value is -3.33. The van der Waals surface area contributed by atoms with Gasteiger partial charge in [-0.3, -0.25) is 0 Å². The molecule has 0 spiro atoms. The van der Waals surface area contributed by atoms with Crippen LogP contribution >= 0.6 is 0 Å². The van der Waals surface area contributed by atoms with Gasteiger partial charge in [0.1, 0.15) is 6.20 Å². The molecule has 3 nitrogen and oxygen atoms in total. The number of rotatable bonds is 4. The van der Waals surface area contributed by atoms with Gasteiger partial charge in [0.05, 0.1) is 17.8 Å². The second kappa shape index (κ2) is 7.35. The van der Waals surface area contributed by atoms with Gasteiger partial charge in [-0.1, -0.05) is 30.4 Å². The first kappa shape index (κ1) is 16.8. The number of nitrogens with zero attached hydrogens (tertiary/aromatic N) is 3. The summed E-state index contributed by atoms with van der Waals surface area (Å²) in [6.45, 7) is 1.07. The molecular formula is C25H23N3+2. The first-order valence-electron chi connectivity index (χ1n) is 9.88. The molecule has 0 saturated carbocycles. The van der Waals surface area contributed by atoms with Crippen molar-refractivity contribution >= 4 is 10.8 Å². The van der Waals surface area contributed by atoms with E-state index in [1.165, 1.54) is 29.4 Å². The van der Waals surface area contributed by atoms with Crippen molar-refractivity contribution in [3.63, 3.8) is 0 Å². The summed E-state index contributed by atoms with van der Waals surface area (Å²) in [5, 5.41) is 2.36. The van der Waals surface area contributed by atoms with Crippen molar-refractivity contribution in [2.45, 2.75) is 19.4 Å². The van der Waals surface area contributed by atoms with E-state index in [0.717, 1.165) is 17.7 Å². The van der Waals surface area contributed by atoms with E-state index in [1.807, 2.05) is 12.3 Å². The molecule has 0 aliphatic heterocycles. The third-order valence-corrected chi connectivity index (χ3v) is 5.51. The molecule has 4 aromatic rings. The second-order valence-electron chi connectivity index (χ2n) is 7.40. The molecule has 136 valence electrons. The number of hydrogen-bond donors (Lipinski definition) is 0. The van der Waals surface area contributed by atoms with Gasteiger partial charge < -0.3 is 0 Å². The normalized spacial score (nSPS) is 15.9. The Bertz CT molecular complexity index is 1120. The van der Waals surface area contributed by atoms with Crippen LogP contribution in [0.1, 0.15) is 12.8 Å². The fraction of sp³-hybridized carbons (Fsp3) is 0.160. The van der Waals surface area contributed by atoms with Crippen LogP contribution in [0.5, 0.6) is 0 Å². The standard InChI is InChI=1S/C25H23N3/c1-2-6-20(5-1)19-27-15-10-21(11-16-27)22-12-17-28(18-13-22)25-24-8-4-3-7-23(24)9-14-26-25/h1,3-5,7-18,20H,2,6,19H2/q+2/t20-/m1/s1. The van der Waals surface area contributed by atoms with Gasteiger partial charge >= 0.3 is 5.82 Å². The van der Waals surface area contributed by atoms with Crippen LogP contribution in [-0.2, 0) is 6.54 Å². The number of benzene rings is 1. The van der Waals surface area contributed by atoms with Crippen LogP contribution < -0.4 is 9.13 Å². The Morgan fingerprint density at radius 3 is 2.36 bits per heavy atom. The lowest BCUT2D eigenvalue weighted by Crippen LogP contribution is -2.35. The first-order valence-corrected chi connectivity index (χ1v) is 9.88. The molecule has 3 aromatic heterocycles. The van der Waals surface area contributed by atoms with E-state index >= 15 is 0 Å². The number of hydrogen-bond acceptors (Lipinski definition) is 1. The van der Waals surface area contributed by atoms with E-state index in [9.17, 15) is 0 Å². The lowest BCUT2D eigenvalue weighted by Gasteiger charge is -2.05. The van der Waals surface area contributed by atoms with Crippen LogP contribution in [0.4, 0.5) is 0 Å². The van der Waals surface area contributed by atoms with E-state index in [0.29, 0.717) is 5.92 Å². The predicted molar refractivity (Wildman–Crippen MR) is 111 cm³/mol. The molecule has 0 saturated heterocycles. The van der Waals surface area contributed by atoms with E-state index < -0.39 is 0 Å². The highest BCUT2D eigenvalue weighted by atomic mass is 15.0. The van der Waals surface area contributed by atoms with Gasteiger partial charge in [0, 0.05) is 18.1 Å². The molecule has 0 unspecified atom stereocenters. The van der Waals surface area contributed by atoms with Crippen molar-refractivity contribution < 1.29 is 9.13 Å². The van der Waals surface area contributed by atoms with Gasteiger partial charge in [-0.15, -0.1) is 0 Å². The van der Waals surface area contributed by atoms with Crippen molar-refractivity contribution in [2.75, 3.05) is 0 Å². The molecule has 28 heavy (non-hydrogen) atoms. The highest BCUT2D eigenvalue weighted by molar-refractivity contribution is 5.86. The van der Waals surface area contributed by atoms with Crippen molar-refractivity contribution in [3.8, 4) is 16.9 Å². The topological polar surface area (TPSA) is 20.6 Å². The third-order valence-electron chi connectivity index (χ3n) is 5.51. The number of fused-ring (bicyclic) bond motifs is 1. The fourth-order valence-electron chi connectivity index (χ4n) is 3.96. The summed E-state index contributed by atoms with van der Waals surface area (Å²) >= 11 is 0. The summed E-state index contributed by atoms with van der Waals surface area (Å²) in [4.78, 5) is 4.59. The summed E-state index contributed by atoms with van der Waals surface area (Å²) in [5.41, 5.74) is 2.45. The van der Waals surface area contributed by atoms with Gasteiger partial charge in [0.15, 0.2) is 18.9 Å². The summed E-state index contributed by atoms with van der Waals surface area (Å²) in [5.74, 6) is 1.64. The Balaban J connectivity index is 1.39. The van der Waals surface area contributed by atoms with Gasteiger partial charge in [-0.2, -0.15) is 0 Å². The Labute approximate surface area is 165 Å². The summed E-state index contributed by atoms with van der Waals surface area (Å²) in [7, 11) is 0. The quantitative estimate of drug-likeness (QED) is 0.387. The molecule has 1 aliphatic rings. The molecule has 0 amide bonds. The largest absolute Gasteiger partial charge is 0.335 e. The molecule has 1 aliphatic carbocycles. The van der Waals surface area contributed by atoms with Gasteiger partial charge in [0.2, 0.25) is 0 Å². The van der Waals surface area contributed by atoms with Crippen LogP contribution in [0.2, 0.25) is 0 Å². The van der Waals surface area contributed by atoms with E-state index in [2.05, 4.69) is 99.6 Å². The maximum atomic E-state index is 4.59. The molecule has 5 rings (SSSR count). The smallest absolute Gasteiger partial charge is 0.204 e. The maximum absolute atomic E-state index is 4.59. The molecule has 0 fully saturated rings. The molecule has 0 radical (unpaired) electrons. The van der Waals surface area contributed by atoms with Crippen LogP contribution in [0.15, 0.2) is 97.7 Å². The molecule has 1 atom stereocenters. The molecule has 3 heteroatoms. The Kier molecular flexibility index (Phi) is 4.42. The average molecular weight is 365 g/mol. The Morgan fingerprint density at radius 2 is 1.61 bits per heavy atom. The zero-order valence-electron chi connectivity index (χ0n) is 15.8. The SMILES string of the molecule is C1=C[C@@H](C[n+]2ccc(-c3cc[n+](-c4nccc5ccccc45)cc3)cc2)CC1. The van der Waals surface area contributed by atoms with Crippen molar-refractivity contribution in [3.05, 3.63) is 97.7 Å². The molecule has 3 heterocycles. The molecule has 0 bridgehead atoms. The second-order valence-corrected chi connectivity index (χ2v) is 7.40. The minimum absolute atomic E-state index is 0.680. The number of pyridine rings is 3. The molecule has 1 aromatic carbocycles. The van der Waals surface area contributed by atoms with Gasteiger partial charge in [-0.05, 0) is 58.6 Å². The lowest BCUT2D eigenvalue weighted by atomic mass is 10.1. The average Bonchev–Trinajstić information content (AvgIpc) is 3.27. The van der Waals surface area contributed by atoms with E-state index in [-0.39, 0.29) is 0 Å². The van der Waals surface area contributed by atoms with Crippen molar-refractivity contribution in [2.24, 2.45) is 5.92 Å². The summed E-state index contributed by atoms with van der Waals surface area (Å²) < 4.78 is 4.37. The van der Waals surface area contributed by atoms with E-state index in [1.54, 1.807) is 0 Å². The zero-order chi connectivity index (χ0) is 18.8. The number of allylic oxidation sites excluding steroid dienone is 2. The van der Waals surface area contributed by atoms with Crippen LogP contribution in [0.25, 0.3) is 27.7 Å². The van der Waals surface area contributed by atoms with Crippen LogP contribution in [-0.4, -0.2) is 4.98 Å². The minimum atomic E-state index is 0.680. The summed E-state index contributed by atoms with van der Waals surface area (Å²) in [6, 6.07) is 19.1. The van der Waals surface area contributed by atoms with Crippen molar-refractivity contribution in [1.29, 1.82) is 0 Å².